The molecule has 0 aliphatic carbocycles. The van der Waals surface area contributed by atoms with Crippen LogP contribution in [-0.4, -0.2) is 36.5 Å². The van der Waals surface area contributed by atoms with Crippen molar-refractivity contribution >= 4 is 22.7 Å². The number of anilines is 1. The summed E-state index contributed by atoms with van der Waals surface area (Å²) in [6.07, 6.45) is 2.13. The Morgan fingerprint density at radius 1 is 0.971 bits per heavy atom. The quantitative estimate of drug-likeness (QED) is 0.394. The summed E-state index contributed by atoms with van der Waals surface area (Å²) in [5.41, 5.74) is -1.08. The second kappa shape index (κ2) is 11.2. The predicted molar refractivity (Wildman–Crippen MR) is 138 cm³/mol. The van der Waals surface area contributed by atoms with Crippen molar-refractivity contribution in [2.24, 2.45) is 5.41 Å². The second-order valence-corrected chi connectivity index (χ2v) is 10.9. The van der Waals surface area contributed by atoms with E-state index in [1.54, 1.807) is 17.7 Å². The molecule has 0 saturated heterocycles. The van der Waals surface area contributed by atoms with Crippen LogP contribution in [0, 0.1) is 5.41 Å². The largest absolute Gasteiger partial charge is 0.494 e. The van der Waals surface area contributed by atoms with Crippen LogP contribution in [0.1, 0.15) is 74.7 Å². The molecule has 190 valence electrons. The van der Waals surface area contributed by atoms with Crippen LogP contribution in [0.4, 0.5) is 10.6 Å². The van der Waals surface area contributed by atoms with E-state index in [2.05, 4.69) is 27.7 Å². The number of pyridine rings is 1. The zero-order chi connectivity index (χ0) is 25.7. The highest BCUT2D eigenvalue weighted by atomic mass is 16.6. The van der Waals surface area contributed by atoms with E-state index in [4.69, 9.17) is 14.2 Å². The van der Waals surface area contributed by atoms with Crippen LogP contribution in [0.3, 0.4) is 0 Å². The van der Waals surface area contributed by atoms with Crippen LogP contribution in [0.15, 0.2) is 23.0 Å². The third-order valence-corrected chi connectivity index (χ3v) is 5.00. The van der Waals surface area contributed by atoms with E-state index in [-0.39, 0.29) is 11.0 Å². The van der Waals surface area contributed by atoms with Gasteiger partial charge in [-0.1, -0.05) is 41.0 Å². The molecule has 7 heteroatoms. The van der Waals surface area contributed by atoms with E-state index in [0.717, 1.165) is 19.3 Å². The first-order valence-electron chi connectivity index (χ1n) is 12.2. The van der Waals surface area contributed by atoms with Gasteiger partial charge in [0.05, 0.1) is 18.6 Å². The molecule has 0 spiro atoms. The van der Waals surface area contributed by atoms with Gasteiger partial charge in [0, 0.05) is 19.0 Å². The average Bonchev–Trinajstić information content (AvgIpc) is 2.72. The van der Waals surface area contributed by atoms with Gasteiger partial charge in [0.15, 0.2) is 11.6 Å². The Hall–Kier alpha value is -2.70. The topological polar surface area (TPSA) is 70.0 Å². The molecule has 1 heterocycles. The molecule has 0 radical (unpaired) electrons. The highest BCUT2D eigenvalue weighted by Crippen LogP contribution is 2.38. The first kappa shape index (κ1) is 27.5. The Kier molecular flexibility index (Phi) is 9.03. The highest BCUT2D eigenvalue weighted by Gasteiger charge is 2.29. The van der Waals surface area contributed by atoms with Crippen LogP contribution >= 0.6 is 0 Å². The zero-order valence-corrected chi connectivity index (χ0v) is 22.4. The average molecular weight is 475 g/mol. The summed E-state index contributed by atoms with van der Waals surface area (Å²) >= 11 is 0. The molecule has 0 fully saturated rings. The summed E-state index contributed by atoms with van der Waals surface area (Å²) in [5.74, 6) is 1.54. The lowest BCUT2D eigenvalue weighted by molar-refractivity contribution is 0.0585. The van der Waals surface area contributed by atoms with Crippen molar-refractivity contribution in [2.75, 3.05) is 25.2 Å². The molecule has 0 saturated carbocycles. The van der Waals surface area contributed by atoms with Crippen molar-refractivity contribution in [3.05, 3.63) is 28.6 Å². The molecule has 2 aromatic rings. The molecule has 7 nitrogen and oxygen atoms in total. The van der Waals surface area contributed by atoms with Crippen molar-refractivity contribution in [1.29, 1.82) is 0 Å². The minimum atomic E-state index is -0.679. The maximum Gasteiger partial charge on any atom is 0.415 e. The molecular weight excluding hydrogens is 432 g/mol. The van der Waals surface area contributed by atoms with Crippen molar-refractivity contribution in [3.8, 4) is 11.5 Å². The van der Waals surface area contributed by atoms with Gasteiger partial charge in [0.25, 0.3) is 5.56 Å². The lowest BCUT2D eigenvalue weighted by Crippen LogP contribution is -2.39. The lowest BCUT2D eigenvalue weighted by Gasteiger charge is -2.30. The minimum absolute atomic E-state index is 0.180. The maximum absolute atomic E-state index is 13.7. The van der Waals surface area contributed by atoms with Gasteiger partial charge in [0.2, 0.25) is 0 Å². The Labute approximate surface area is 204 Å². The number of fused-ring (bicyclic) bond motifs is 1. The monoisotopic (exact) mass is 474 g/mol. The smallest absolute Gasteiger partial charge is 0.415 e. The van der Waals surface area contributed by atoms with Crippen molar-refractivity contribution in [1.82, 2.24) is 4.57 Å². The molecule has 0 aliphatic rings. The molecular formula is C27H42N2O5. The first-order valence-corrected chi connectivity index (χ1v) is 12.2. The normalized spacial score (nSPS) is 12.0. The van der Waals surface area contributed by atoms with Gasteiger partial charge in [-0.2, -0.15) is 0 Å². The second-order valence-electron chi connectivity index (χ2n) is 10.9. The molecule has 0 aliphatic heterocycles. The SMILES string of the molecule is CCCCOc1c(N(C)C(=O)OC(C)(C)C)n(CC(C)(C)C)c(=O)c2ccc(OCCC)cc12. The van der Waals surface area contributed by atoms with Crippen molar-refractivity contribution in [2.45, 2.75) is 86.8 Å². The van der Waals surface area contributed by atoms with E-state index >= 15 is 0 Å². The Morgan fingerprint density at radius 2 is 1.65 bits per heavy atom. The van der Waals surface area contributed by atoms with Crippen molar-refractivity contribution < 1.29 is 19.0 Å². The summed E-state index contributed by atoms with van der Waals surface area (Å²) in [6, 6.07) is 5.43. The molecule has 0 atom stereocenters. The van der Waals surface area contributed by atoms with E-state index in [9.17, 15) is 9.59 Å². The Balaban J connectivity index is 2.85. The first-order chi connectivity index (χ1) is 15.8. The number of unbranched alkanes of at least 4 members (excludes halogenated alkanes) is 1. The summed E-state index contributed by atoms with van der Waals surface area (Å²) in [4.78, 5) is 28.2. The van der Waals surface area contributed by atoms with E-state index < -0.39 is 11.7 Å². The Morgan fingerprint density at radius 3 is 2.21 bits per heavy atom. The van der Waals surface area contributed by atoms with E-state index in [0.29, 0.717) is 47.8 Å². The number of ether oxygens (including phenoxy) is 3. The van der Waals surface area contributed by atoms with Crippen molar-refractivity contribution in [3.63, 3.8) is 0 Å². The van der Waals surface area contributed by atoms with Crippen LogP contribution in [0.5, 0.6) is 11.5 Å². The fraction of sp³-hybridized carbons (Fsp3) is 0.630. The molecule has 1 amide bonds. The molecule has 0 N–H and O–H groups in total. The summed E-state index contributed by atoms with van der Waals surface area (Å²) in [7, 11) is 1.62. The van der Waals surface area contributed by atoms with Gasteiger partial charge < -0.3 is 14.2 Å². The molecule has 0 unspecified atom stereocenters. The third kappa shape index (κ3) is 7.15. The molecule has 34 heavy (non-hydrogen) atoms. The lowest BCUT2D eigenvalue weighted by atomic mass is 9.96. The molecule has 1 aromatic carbocycles. The predicted octanol–water partition coefficient (Wildman–Crippen LogP) is 6.39. The number of hydrogen-bond acceptors (Lipinski definition) is 5. The highest BCUT2D eigenvalue weighted by molar-refractivity contribution is 5.97. The Bertz CT molecular complexity index is 1040. The number of benzene rings is 1. The summed E-state index contributed by atoms with van der Waals surface area (Å²) in [5, 5.41) is 1.16. The van der Waals surface area contributed by atoms with Gasteiger partial charge in [0.1, 0.15) is 11.4 Å². The number of nitrogens with zero attached hydrogens (tertiary/aromatic N) is 2. The number of amides is 1. The fourth-order valence-electron chi connectivity index (χ4n) is 3.52. The minimum Gasteiger partial charge on any atom is -0.494 e. The van der Waals surface area contributed by atoms with Gasteiger partial charge >= 0.3 is 6.09 Å². The molecule has 0 bridgehead atoms. The van der Waals surface area contributed by atoms with Gasteiger partial charge in [-0.05, 0) is 57.2 Å². The summed E-state index contributed by atoms with van der Waals surface area (Å²) < 4.78 is 19.4. The molecule has 2 rings (SSSR count). The maximum atomic E-state index is 13.7. The van der Waals surface area contributed by atoms with Crippen LogP contribution in [-0.2, 0) is 11.3 Å². The third-order valence-electron chi connectivity index (χ3n) is 5.00. The number of carbonyl (C=O) groups is 1. The van der Waals surface area contributed by atoms with Gasteiger partial charge in [-0.15, -0.1) is 0 Å². The van der Waals surface area contributed by atoms with Crippen LogP contribution in [0.2, 0.25) is 0 Å². The standard InChI is InChI=1S/C27H42N2O5/c1-10-12-16-33-22-21-17-19(32-15-11-2)13-14-20(21)24(30)29(18-26(3,4)5)23(22)28(9)25(31)34-27(6,7)8/h13-14,17H,10-12,15-16,18H2,1-9H3. The number of rotatable bonds is 9. The fourth-order valence-corrected chi connectivity index (χ4v) is 3.52. The van der Waals surface area contributed by atoms with Crippen LogP contribution in [0.25, 0.3) is 10.8 Å². The zero-order valence-electron chi connectivity index (χ0n) is 22.4. The van der Waals surface area contributed by atoms with E-state index in [1.807, 2.05) is 39.8 Å². The van der Waals surface area contributed by atoms with Crippen LogP contribution < -0.4 is 19.9 Å². The number of hydrogen-bond donors (Lipinski definition) is 0. The van der Waals surface area contributed by atoms with E-state index in [1.165, 1.54) is 4.90 Å². The number of aromatic nitrogens is 1. The summed E-state index contributed by atoms with van der Waals surface area (Å²) in [6.45, 7) is 17.2. The van der Waals surface area contributed by atoms with Gasteiger partial charge in [-0.3, -0.25) is 14.3 Å². The number of carbonyl (C=O) groups excluding carboxylic acids is 1. The molecule has 1 aromatic heterocycles. The van der Waals surface area contributed by atoms with Gasteiger partial charge in [-0.25, -0.2) is 4.79 Å².